The molecule has 2 saturated carbocycles. The maximum Gasteiger partial charge on any atom is 0.420 e. The second-order valence-electron chi connectivity index (χ2n) is 10.8. The number of hydrogen-bond acceptors (Lipinski definition) is 3. The molecule has 10 heteroatoms. The predicted molar refractivity (Wildman–Crippen MR) is 126 cm³/mol. The molecule has 0 aliphatic heterocycles. The summed E-state index contributed by atoms with van der Waals surface area (Å²) in [5.74, 6) is -3.00. The lowest BCUT2D eigenvalue weighted by Gasteiger charge is -2.50. The highest BCUT2D eigenvalue weighted by Gasteiger charge is 2.51. The van der Waals surface area contributed by atoms with Gasteiger partial charge in [0.2, 0.25) is 0 Å². The molecule has 2 N–H and O–H groups in total. The average Bonchev–Trinajstić information content (AvgIpc) is 2.79. The fourth-order valence-corrected chi connectivity index (χ4v) is 5.67. The third kappa shape index (κ3) is 5.84. The van der Waals surface area contributed by atoms with Crippen molar-refractivity contribution in [3.63, 3.8) is 0 Å². The molecule has 0 amide bonds. The van der Waals surface area contributed by atoms with Crippen molar-refractivity contribution in [2.45, 2.75) is 76.9 Å². The normalized spacial score (nSPS) is 26.1. The second kappa shape index (κ2) is 10.0. The smallest absolute Gasteiger partial charge is 0.420 e. The lowest BCUT2D eigenvalue weighted by atomic mass is 9.58. The Balaban J connectivity index is 1.45. The minimum Gasteiger partial charge on any atom is -0.490 e. The van der Waals surface area contributed by atoms with E-state index >= 15 is 0 Å². The van der Waals surface area contributed by atoms with Gasteiger partial charge in [-0.2, -0.15) is 26.3 Å². The number of hydrogen-bond donors (Lipinski definition) is 2. The van der Waals surface area contributed by atoms with E-state index < -0.39 is 41.8 Å². The van der Waals surface area contributed by atoms with Crippen LogP contribution in [0.2, 0.25) is 0 Å². The lowest BCUT2D eigenvalue weighted by Crippen LogP contribution is -2.59. The van der Waals surface area contributed by atoms with Crippen molar-refractivity contribution < 1.29 is 41.0 Å². The summed E-state index contributed by atoms with van der Waals surface area (Å²) in [5, 5.41) is 13.0. The van der Waals surface area contributed by atoms with Gasteiger partial charge in [0, 0.05) is 6.04 Å². The molecule has 204 valence electrons. The van der Waals surface area contributed by atoms with E-state index in [0.717, 1.165) is 5.56 Å². The molecule has 2 aliphatic carbocycles. The van der Waals surface area contributed by atoms with Gasteiger partial charge in [0.1, 0.15) is 11.3 Å². The minimum absolute atomic E-state index is 0.0184. The quantitative estimate of drug-likeness (QED) is 0.378. The average molecular weight is 532 g/mol. The molecule has 2 aliphatic rings. The van der Waals surface area contributed by atoms with Crippen molar-refractivity contribution in [3.05, 3.63) is 41.5 Å². The monoisotopic (exact) mass is 531 g/mol. The number of aliphatic carboxylic acids is 1. The first-order chi connectivity index (χ1) is 17.2. The van der Waals surface area contributed by atoms with Gasteiger partial charge in [0.25, 0.3) is 0 Å². The van der Waals surface area contributed by atoms with Crippen LogP contribution >= 0.6 is 0 Å². The molecule has 37 heavy (non-hydrogen) atoms. The standard InChI is InChI=1S/C27H31F6NO3/c1-25(2)20(24(35)36)14-22(25)34-12-11-15-3-9-19-16(13-15)4-10-21(23(19)27(31,32)33)37-18-7-5-17(6-8-18)26(28,29)30/h3-4,9-10,13,17-18,20,22,34H,5-8,11-12,14H2,1-2H3,(H,35,36)/t17-,18+,20?,22?. The van der Waals surface area contributed by atoms with Crippen LogP contribution < -0.4 is 10.1 Å². The van der Waals surface area contributed by atoms with Crippen LogP contribution in [0.15, 0.2) is 30.3 Å². The Kier molecular flexibility index (Phi) is 7.44. The molecule has 2 fully saturated rings. The van der Waals surface area contributed by atoms with Crippen molar-refractivity contribution in [1.29, 1.82) is 0 Å². The number of carboxylic acid groups (broad SMARTS) is 1. The summed E-state index contributed by atoms with van der Waals surface area (Å²) in [7, 11) is 0. The van der Waals surface area contributed by atoms with E-state index in [1.165, 1.54) is 12.1 Å². The van der Waals surface area contributed by atoms with Crippen LogP contribution in [0.3, 0.4) is 0 Å². The molecule has 2 atom stereocenters. The van der Waals surface area contributed by atoms with Crippen LogP contribution in [0.4, 0.5) is 26.3 Å². The number of nitrogens with one attached hydrogen (secondary N) is 1. The fourth-order valence-electron chi connectivity index (χ4n) is 5.67. The Labute approximate surface area is 211 Å². The predicted octanol–water partition coefficient (Wildman–Crippen LogP) is 6.99. The minimum atomic E-state index is -4.70. The van der Waals surface area contributed by atoms with Crippen molar-refractivity contribution in [2.75, 3.05) is 6.54 Å². The van der Waals surface area contributed by atoms with Gasteiger partial charge in [-0.3, -0.25) is 4.79 Å². The van der Waals surface area contributed by atoms with Crippen molar-refractivity contribution in [3.8, 4) is 5.75 Å². The van der Waals surface area contributed by atoms with Gasteiger partial charge in [-0.25, -0.2) is 0 Å². The summed E-state index contributed by atoms with van der Waals surface area (Å²) in [6, 6.07) is 7.59. The third-order valence-corrected chi connectivity index (χ3v) is 8.13. The Morgan fingerprint density at radius 2 is 1.73 bits per heavy atom. The Bertz CT molecular complexity index is 1140. The first-order valence-electron chi connectivity index (χ1n) is 12.5. The zero-order chi connectivity index (χ0) is 27.2. The van der Waals surface area contributed by atoms with E-state index in [4.69, 9.17) is 4.74 Å². The number of ether oxygens (including phenoxy) is 1. The number of alkyl halides is 6. The number of rotatable bonds is 7. The second-order valence-corrected chi connectivity index (χ2v) is 10.8. The topological polar surface area (TPSA) is 58.6 Å². The van der Waals surface area contributed by atoms with Crippen LogP contribution in [0.25, 0.3) is 10.8 Å². The molecular formula is C27H31F6NO3. The van der Waals surface area contributed by atoms with Crippen molar-refractivity contribution in [2.24, 2.45) is 17.3 Å². The van der Waals surface area contributed by atoms with Crippen molar-refractivity contribution >= 4 is 16.7 Å². The number of benzene rings is 2. The Hall–Kier alpha value is -2.49. The van der Waals surface area contributed by atoms with Crippen LogP contribution in [-0.2, 0) is 17.4 Å². The van der Waals surface area contributed by atoms with Crippen LogP contribution in [-0.4, -0.2) is 35.9 Å². The van der Waals surface area contributed by atoms with Gasteiger partial charge in [-0.05, 0) is 72.9 Å². The molecule has 0 spiro atoms. The van der Waals surface area contributed by atoms with Gasteiger partial charge in [0.05, 0.1) is 17.9 Å². The van der Waals surface area contributed by atoms with Gasteiger partial charge in [-0.15, -0.1) is 0 Å². The zero-order valence-corrected chi connectivity index (χ0v) is 20.7. The summed E-state index contributed by atoms with van der Waals surface area (Å²) >= 11 is 0. The number of carboxylic acids is 1. The third-order valence-electron chi connectivity index (χ3n) is 8.13. The molecule has 0 heterocycles. The summed E-state index contributed by atoms with van der Waals surface area (Å²) in [4.78, 5) is 11.3. The maximum absolute atomic E-state index is 14.1. The largest absolute Gasteiger partial charge is 0.490 e. The highest BCUT2D eigenvalue weighted by atomic mass is 19.4. The van der Waals surface area contributed by atoms with E-state index in [-0.39, 0.29) is 48.3 Å². The first kappa shape index (κ1) is 27.5. The lowest BCUT2D eigenvalue weighted by molar-refractivity contribution is -0.185. The van der Waals surface area contributed by atoms with E-state index in [1.54, 1.807) is 18.2 Å². The van der Waals surface area contributed by atoms with Gasteiger partial charge >= 0.3 is 18.3 Å². The highest BCUT2D eigenvalue weighted by molar-refractivity contribution is 5.89. The molecule has 2 aromatic rings. The molecule has 2 unspecified atom stereocenters. The number of carbonyl (C=O) groups is 1. The van der Waals surface area contributed by atoms with Crippen LogP contribution in [0.5, 0.6) is 5.75 Å². The van der Waals surface area contributed by atoms with Crippen LogP contribution in [0, 0.1) is 17.3 Å². The summed E-state index contributed by atoms with van der Waals surface area (Å²) < 4.78 is 86.6. The molecular weight excluding hydrogens is 500 g/mol. The zero-order valence-electron chi connectivity index (χ0n) is 20.7. The molecule has 2 aromatic carbocycles. The number of halogens is 6. The Morgan fingerprint density at radius 3 is 2.30 bits per heavy atom. The molecule has 4 nitrogen and oxygen atoms in total. The molecule has 0 radical (unpaired) electrons. The summed E-state index contributed by atoms with van der Waals surface area (Å²) in [5.41, 5.74) is -0.457. The Morgan fingerprint density at radius 1 is 1.05 bits per heavy atom. The van der Waals surface area contributed by atoms with E-state index in [0.29, 0.717) is 24.8 Å². The fraction of sp³-hybridized carbons (Fsp3) is 0.593. The molecule has 0 saturated heterocycles. The van der Waals surface area contributed by atoms with Crippen LogP contribution in [0.1, 0.15) is 57.1 Å². The molecule has 0 bridgehead atoms. The molecule has 4 rings (SSSR count). The highest BCUT2D eigenvalue weighted by Crippen LogP contribution is 2.46. The van der Waals surface area contributed by atoms with E-state index in [1.807, 2.05) is 13.8 Å². The SMILES string of the molecule is CC1(C)C(NCCc2ccc3c(C(F)(F)F)c(O[C@H]4CC[C@@H](C(F)(F)F)CC4)ccc3c2)CC1C(=O)O. The van der Waals surface area contributed by atoms with E-state index in [2.05, 4.69) is 5.32 Å². The summed E-state index contributed by atoms with van der Waals surface area (Å²) in [6.07, 6.45) is -8.81. The number of fused-ring (bicyclic) bond motifs is 1. The van der Waals surface area contributed by atoms with Gasteiger partial charge < -0.3 is 15.2 Å². The van der Waals surface area contributed by atoms with Gasteiger partial charge in [0.15, 0.2) is 0 Å². The maximum atomic E-state index is 14.1. The molecule has 0 aromatic heterocycles. The first-order valence-corrected chi connectivity index (χ1v) is 12.5. The summed E-state index contributed by atoms with van der Waals surface area (Å²) in [6.45, 7) is 4.37. The van der Waals surface area contributed by atoms with E-state index in [9.17, 15) is 36.2 Å². The van der Waals surface area contributed by atoms with Crippen molar-refractivity contribution in [1.82, 2.24) is 5.32 Å². The van der Waals surface area contributed by atoms with Gasteiger partial charge in [-0.1, -0.05) is 38.1 Å².